The Kier molecular flexibility index (Phi) is 3.29. The molecule has 0 amide bonds. The molecule has 0 aliphatic rings. The van der Waals surface area contributed by atoms with Gasteiger partial charge in [-0.3, -0.25) is 5.84 Å². The van der Waals surface area contributed by atoms with Gasteiger partial charge in [0.25, 0.3) is 0 Å². The van der Waals surface area contributed by atoms with Crippen molar-refractivity contribution in [1.82, 2.24) is 5.43 Å². The Hall–Kier alpha value is -1.30. The van der Waals surface area contributed by atoms with Crippen LogP contribution < -0.4 is 11.3 Å². The molecule has 1 unspecified atom stereocenters. The van der Waals surface area contributed by atoms with Crippen molar-refractivity contribution in [3.05, 3.63) is 35.9 Å². The fraction of sp³-hybridized carbons (Fsp3) is 0.333. The predicted octanol–water partition coefficient (Wildman–Crippen LogP) is 1.43. The molecule has 74 valence electrons. The van der Waals surface area contributed by atoms with Crippen molar-refractivity contribution >= 4 is 0 Å². The summed E-state index contributed by atoms with van der Waals surface area (Å²) in [6.07, 6.45) is 5.41. The summed E-state index contributed by atoms with van der Waals surface area (Å²) in [7, 11) is 0. The maximum atomic E-state index is 5.41. The maximum absolute atomic E-state index is 5.41. The summed E-state index contributed by atoms with van der Waals surface area (Å²) in [6.45, 7) is 4.15. The van der Waals surface area contributed by atoms with Crippen LogP contribution in [-0.4, -0.2) is 6.04 Å². The minimum Gasteiger partial charge on any atom is -0.270 e. The minimum absolute atomic E-state index is 0.162. The van der Waals surface area contributed by atoms with Gasteiger partial charge in [0.05, 0.1) is 6.04 Å². The number of nitrogens with one attached hydrogen (secondary N) is 1. The first-order valence-electron chi connectivity index (χ1n) is 4.60. The lowest BCUT2D eigenvalue weighted by molar-refractivity contribution is 0.411. The highest BCUT2D eigenvalue weighted by atomic mass is 15.2. The number of benzene rings is 1. The quantitative estimate of drug-likeness (QED) is 0.428. The van der Waals surface area contributed by atoms with E-state index < -0.39 is 0 Å². The first-order valence-corrected chi connectivity index (χ1v) is 4.60. The topological polar surface area (TPSA) is 38.0 Å². The molecule has 0 saturated carbocycles. The Labute approximate surface area is 85.5 Å². The van der Waals surface area contributed by atoms with Gasteiger partial charge in [-0.15, -0.1) is 6.42 Å². The van der Waals surface area contributed by atoms with Crippen molar-refractivity contribution in [3.63, 3.8) is 0 Å². The van der Waals surface area contributed by atoms with Gasteiger partial charge < -0.3 is 0 Å². The molecule has 1 atom stereocenters. The predicted molar refractivity (Wildman–Crippen MR) is 59.4 cm³/mol. The zero-order chi connectivity index (χ0) is 10.6. The molecule has 0 saturated heterocycles. The highest BCUT2D eigenvalue weighted by molar-refractivity contribution is 5.29. The molecule has 0 aliphatic carbocycles. The number of nitrogens with two attached hydrogens (primary N) is 1. The Bertz CT molecular complexity index is 322. The third-order valence-electron chi connectivity index (χ3n) is 2.57. The average Bonchev–Trinajstić information content (AvgIpc) is 2.20. The smallest absolute Gasteiger partial charge is 0.0905 e. The molecule has 0 fully saturated rings. The van der Waals surface area contributed by atoms with Crippen molar-refractivity contribution in [3.8, 4) is 12.3 Å². The summed E-state index contributed by atoms with van der Waals surface area (Å²) in [6, 6.07) is 9.94. The van der Waals surface area contributed by atoms with Crippen LogP contribution >= 0.6 is 0 Å². The molecule has 1 rings (SSSR count). The molecule has 0 bridgehead atoms. The lowest BCUT2D eigenvalue weighted by Gasteiger charge is -2.30. The molecule has 0 aromatic heterocycles. The van der Waals surface area contributed by atoms with Gasteiger partial charge in [-0.05, 0) is 5.56 Å². The maximum Gasteiger partial charge on any atom is 0.0905 e. The van der Waals surface area contributed by atoms with Gasteiger partial charge >= 0.3 is 0 Å². The van der Waals surface area contributed by atoms with E-state index in [1.807, 2.05) is 18.2 Å². The van der Waals surface area contributed by atoms with Gasteiger partial charge in [0.2, 0.25) is 0 Å². The molecule has 0 heterocycles. The molecule has 0 aliphatic heterocycles. The molecule has 1 aromatic rings. The molecular weight excluding hydrogens is 172 g/mol. The van der Waals surface area contributed by atoms with E-state index in [9.17, 15) is 0 Å². The second-order valence-corrected chi connectivity index (χ2v) is 3.85. The molecule has 2 heteroatoms. The van der Waals surface area contributed by atoms with Gasteiger partial charge in [0.1, 0.15) is 0 Å². The Balaban J connectivity index is 3.02. The lowest BCUT2D eigenvalue weighted by atomic mass is 9.78. The van der Waals surface area contributed by atoms with E-state index in [4.69, 9.17) is 12.3 Å². The van der Waals surface area contributed by atoms with E-state index in [0.29, 0.717) is 0 Å². The summed E-state index contributed by atoms with van der Waals surface area (Å²) in [5, 5.41) is 0. The number of hydrogen-bond acceptors (Lipinski definition) is 2. The summed E-state index contributed by atoms with van der Waals surface area (Å²) < 4.78 is 0. The van der Waals surface area contributed by atoms with E-state index in [0.717, 1.165) is 0 Å². The van der Waals surface area contributed by atoms with Crippen LogP contribution in [0.1, 0.15) is 19.4 Å². The normalized spacial score (nSPS) is 13.3. The van der Waals surface area contributed by atoms with Crippen LogP contribution in [0.25, 0.3) is 0 Å². The molecule has 0 spiro atoms. The molecule has 1 aromatic carbocycles. The Morgan fingerprint density at radius 3 is 2.36 bits per heavy atom. The highest BCUT2D eigenvalue weighted by Gasteiger charge is 2.28. The van der Waals surface area contributed by atoms with E-state index in [2.05, 4.69) is 37.3 Å². The fourth-order valence-electron chi connectivity index (χ4n) is 1.50. The van der Waals surface area contributed by atoms with Crippen LogP contribution in [-0.2, 0) is 5.41 Å². The van der Waals surface area contributed by atoms with Crippen molar-refractivity contribution in [1.29, 1.82) is 0 Å². The van der Waals surface area contributed by atoms with Gasteiger partial charge in [-0.2, -0.15) is 0 Å². The van der Waals surface area contributed by atoms with Crippen molar-refractivity contribution in [2.24, 2.45) is 5.84 Å². The third-order valence-corrected chi connectivity index (χ3v) is 2.57. The van der Waals surface area contributed by atoms with Gasteiger partial charge in [-0.1, -0.05) is 50.1 Å². The molecule has 3 N–H and O–H groups in total. The largest absolute Gasteiger partial charge is 0.270 e. The van der Waals surface area contributed by atoms with Crippen molar-refractivity contribution < 1.29 is 0 Å². The second-order valence-electron chi connectivity index (χ2n) is 3.85. The SMILES string of the molecule is C#CC(NN)C(C)(C)c1ccccc1. The highest BCUT2D eigenvalue weighted by Crippen LogP contribution is 2.26. The van der Waals surface area contributed by atoms with Crippen LogP contribution in [0.4, 0.5) is 0 Å². The van der Waals surface area contributed by atoms with Crippen LogP contribution in [0.5, 0.6) is 0 Å². The zero-order valence-corrected chi connectivity index (χ0v) is 8.62. The molecule has 0 radical (unpaired) electrons. The van der Waals surface area contributed by atoms with Crippen molar-refractivity contribution in [2.45, 2.75) is 25.3 Å². The van der Waals surface area contributed by atoms with Crippen LogP contribution in [0.3, 0.4) is 0 Å². The van der Waals surface area contributed by atoms with Gasteiger partial charge in [0.15, 0.2) is 0 Å². The monoisotopic (exact) mass is 188 g/mol. The number of hydrazine groups is 1. The van der Waals surface area contributed by atoms with E-state index in [-0.39, 0.29) is 11.5 Å². The summed E-state index contributed by atoms with van der Waals surface area (Å²) in [5.41, 5.74) is 3.67. The standard InChI is InChI=1S/C12H16N2/c1-4-11(14-13)12(2,3)10-8-6-5-7-9-10/h1,5-9,11,14H,13H2,2-3H3. The first kappa shape index (κ1) is 10.8. The first-order chi connectivity index (χ1) is 6.62. The molecular formula is C12H16N2. The van der Waals surface area contributed by atoms with E-state index in [1.165, 1.54) is 5.56 Å². The van der Waals surface area contributed by atoms with Crippen LogP contribution in [0, 0.1) is 12.3 Å². The number of terminal acetylenes is 1. The minimum atomic E-state index is -0.162. The second kappa shape index (κ2) is 4.28. The van der Waals surface area contributed by atoms with Gasteiger partial charge in [-0.25, -0.2) is 5.43 Å². The zero-order valence-electron chi connectivity index (χ0n) is 8.62. The van der Waals surface area contributed by atoms with Crippen LogP contribution in [0.15, 0.2) is 30.3 Å². The fourth-order valence-corrected chi connectivity index (χ4v) is 1.50. The number of rotatable bonds is 3. The Morgan fingerprint density at radius 2 is 1.93 bits per heavy atom. The summed E-state index contributed by atoms with van der Waals surface area (Å²) >= 11 is 0. The Morgan fingerprint density at radius 1 is 1.36 bits per heavy atom. The molecule has 14 heavy (non-hydrogen) atoms. The van der Waals surface area contributed by atoms with E-state index >= 15 is 0 Å². The summed E-state index contributed by atoms with van der Waals surface area (Å²) in [5.74, 6) is 8.07. The average molecular weight is 188 g/mol. The lowest BCUT2D eigenvalue weighted by Crippen LogP contribution is -2.47. The van der Waals surface area contributed by atoms with E-state index in [1.54, 1.807) is 0 Å². The third kappa shape index (κ3) is 1.95. The van der Waals surface area contributed by atoms with Crippen molar-refractivity contribution in [2.75, 3.05) is 0 Å². The summed E-state index contributed by atoms with van der Waals surface area (Å²) in [4.78, 5) is 0. The van der Waals surface area contributed by atoms with Gasteiger partial charge in [0, 0.05) is 5.41 Å². The number of hydrogen-bond donors (Lipinski definition) is 2. The van der Waals surface area contributed by atoms with Crippen LogP contribution in [0.2, 0.25) is 0 Å². The molecule has 2 nitrogen and oxygen atoms in total.